The SMILES string of the molecule is CS(=O)(=NC1=C(c2ccccc2)C(=O)C12CC2)c1ccccc1. The van der Waals surface area contributed by atoms with Crippen LogP contribution in [0, 0.1) is 5.41 Å². The van der Waals surface area contributed by atoms with Crippen molar-refractivity contribution in [2.45, 2.75) is 17.7 Å². The second-order valence-corrected chi connectivity index (χ2v) is 8.47. The zero-order chi connectivity index (χ0) is 16.1. The lowest BCUT2D eigenvalue weighted by Crippen LogP contribution is -2.31. The smallest absolute Gasteiger partial charge is 0.177 e. The van der Waals surface area contributed by atoms with E-state index >= 15 is 0 Å². The lowest BCUT2D eigenvalue weighted by atomic mass is 9.75. The third-order valence-corrected chi connectivity index (χ3v) is 6.29. The van der Waals surface area contributed by atoms with E-state index < -0.39 is 15.1 Å². The van der Waals surface area contributed by atoms with Gasteiger partial charge in [0.25, 0.3) is 0 Å². The molecular weight excluding hydrogens is 306 g/mol. The first kappa shape index (κ1) is 14.4. The largest absolute Gasteiger partial charge is 0.293 e. The molecule has 2 aliphatic rings. The van der Waals surface area contributed by atoms with Crippen LogP contribution in [0.1, 0.15) is 18.4 Å². The molecule has 1 spiro atoms. The summed E-state index contributed by atoms with van der Waals surface area (Å²) in [5, 5.41) is 0. The predicted octanol–water partition coefficient (Wildman–Crippen LogP) is 3.92. The Morgan fingerprint density at radius 1 is 0.957 bits per heavy atom. The van der Waals surface area contributed by atoms with Gasteiger partial charge < -0.3 is 0 Å². The van der Waals surface area contributed by atoms with E-state index in [-0.39, 0.29) is 5.78 Å². The van der Waals surface area contributed by atoms with E-state index in [0.717, 1.165) is 24.1 Å². The molecule has 0 bridgehead atoms. The number of ketones is 1. The molecular formula is C19H17NO2S. The molecule has 4 rings (SSSR count). The van der Waals surface area contributed by atoms with Crippen LogP contribution in [0.4, 0.5) is 0 Å². The molecule has 0 saturated heterocycles. The normalized spacial score (nSPS) is 20.8. The first-order chi connectivity index (χ1) is 11.0. The van der Waals surface area contributed by atoms with Crippen LogP contribution >= 0.6 is 0 Å². The lowest BCUT2D eigenvalue weighted by molar-refractivity contribution is -0.119. The highest BCUT2D eigenvalue weighted by molar-refractivity contribution is 7.93. The molecule has 1 fully saturated rings. The molecule has 2 aliphatic carbocycles. The number of carbonyl (C=O) groups excluding carboxylic acids is 1. The van der Waals surface area contributed by atoms with Gasteiger partial charge in [0, 0.05) is 16.7 Å². The summed E-state index contributed by atoms with van der Waals surface area (Å²) in [4.78, 5) is 13.3. The number of hydrogen-bond donors (Lipinski definition) is 0. The number of allylic oxidation sites excluding steroid dienone is 2. The predicted molar refractivity (Wildman–Crippen MR) is 91.2 cm³/mol. The van der Waals surface area contributed by atoms with Crippen LogP contribution in [0.3, 0.4) is 0 Å². The highest BCUT2D eigenvalue weighted by Gasteiger charge is 2.62. The standard InChI is InChI=1S/C19H17NO2S/c1-23(22,15-10-6-3-7-11-15)20-17-16(14-8-4-2-5-9-14)18(21)19(17)12-13-19/h2-11H,12-13H2,1H3. The fraction of sp³-hybridized carbons (Fsp3) is 0.211. The molecule has 1 saturated carbocycles. The molecule has 2 aromatic carbocycles. The molecule has 23 heavy (non-hydrogen) atoms. The summed E-state index contributed by atoms with van der Waals surface area (Å²) < 4.78 is 17.7. The Kier molecular flexibility index (Phi) is 3.07. The van der Waals surface area contributed by atoms with Crippen molar-refractivity contribution in [2.24, 2.45) is 9.78 Å². The number of benzene rings is 2. The number of nitrogens with zero attached hydrogens (tertiary/aromatic N) is 1. The van der Waals surface area contributed by atoms with Crippen molar-refractivity contribution >= 4 is 21.1 Å². The molecule has 0 amide bonds. The van der Waals surface area contributed by atoms with Gasteiger partial charge >= 0.3 is 0 Å². The van der Waals surface area contributed by atoms with E-state index in [1.165, 1.54) is 0 Å². The summed E-state index contributed by atoms with van der Waals surface area (Å²) in [6, 6.07) is 18.8. The minimum absolute atomic E-state index is 0.158. The van der Waals surface area contributed by atoms with Gasteiger partial charge in [0.15, 0.2) is 5.78 Å². The molecule has 0 radical (unpaired) electrons. The zero-order valence-electron chi connectivity index (χ0n) is 12.9. The second kappa shape index (κ2) is 4.90. The summed E-state index contributed by atoms with van der Waals surface area (Å²) in [7, 11) is -2.55. The van der Waals surface area contributed by atoms with Crippen molar-refractivity contribution in [3.8, 4) is 0 Å². The van der Waals surface area contributed by atoms with Gasteiger partial charge in [0.2, 0.25) is 0 Å². The zero-order valence-corrected chi connectivity index (χ0v) is 13.7. The average molecular weight is 323 g/mol. The van der Waals surface area contributed by atoms with Crippen molar-refractivity contribution in [2.75, 3.05) is 6.26 Å². The highest BCUT2D eigenvalue weighted by atomic mass is 32.2. The summed E-state index contributed by atoms with van der Waals surface area (Å²) in [5.74, 6) is 0.158. The minimum Gasteiger partial charge on any atom is -0.293 e. The monoisotopic (exact) mass is 323 g/mol. The maximum absolute atomic E-state index is 13.1. The number of Topliss-reactive ketones (excluding diaryl/α,β-unsaturated/α-hetero) is 1. The Morgan fingerprint density at radius 3 is 2.09 bits per heavy atom. The van der Waals surface area contributed by atoms with Crippen molar-refractivity contribution in [1.82, 2.24) is 0 Å². The van der Waals surface area contributed by atoms with Crippen molar-refractivity contribution in [3.05, 3.63) is 71.9 Å². The fourth-order valence-electron chi connectivity index (χ4n) is 3.13. The second-order valence-electron chi connectivity index (χ2n) is 6.21. The van der Waals surface area contributed by atoms with Crippen LogP contribution in [-0.2, 0) is 14.5 Å². The van der Waals surface area contributed by atoms with Gasteiger partial charge in [-0.3, -0.25) is 4.79 Å². The first-order valence-electron chi connectivity index (χ1n) is 7.67. The van der Waals surface area contributed by atoms with E-state index in [4.69, 9.17) is 0 Å². The van der Waals surface area contributed by atoms with Gasteiger partial charge in [0.05, 0.1) is 20.8 Å². The Bertz CT molecular complexity index is 932. The van der Waals surface area contributed by atoms with E-state index in [2.05, 4.69) is 4.36 Å². The topological polar surface area (TPSA) is 46.5 Å². The van der Waals surface area contributed by atoms with E-state index in [1.807, 2.05) is 60.7 Å². The van der Waals surface area contributed by atoms with Crippen LogP contribution in [0.15, 0.2) is 75.6 Å². The first-order valence-corrected chi connectivity index (χ1v) is 9.59. The minimum atomic E-state index is -2.55. The van der Waals surface area contributed by atoms with Crippen molar-refractivity contribution < 1.29 is 9.00 Å². The third-order valence-electron chi connectivity index (χ3n) is 4.61. The third kappa shape index (κ3) is 2.17. The van der Waals surface area contributed by atoms with Crippen LogP contribution < -0.4 is 0 Å². The van der Waals surface area contributed by atoms with Crippen LogP contribution in [0.5, 0.6) is 0 Å². The molecule has 116 valence electrons. The number of hydrogen-bond acceptors (Lipinski definition) is 3. The van der Waals surface area contributed by atoms with Crippen LogP contribution in [-0.4, -0.2) is 16.2 Å². The van der Waals surface area contributed by atoms with Gasteiger partial charge in [-0.05, 0) is 30.5 Å². The van der Waals surface area contributed by atoms with Gasteiger partial charge in [0.1, 0.15) is 0 Å². The molecule has 0 N–H and O–H groups in total. The quantitative estimate of drug-likeness (QED) is 0.859. The highest BCUT2D eigenvalue weighted by Crippen LogP contribution is 2.64. The van der Waals surface area contributed by atoms with E-state index in [0.29, 0.717) is 10.5 Å². The van der Waals surface area contributed by atoms with E-state index in [1.54, 1.807) is 6.26 Å². The fourth-order valence-corrected chi connectivity index (χ4v) is 4.51. The lowest BCUT2D eigenvalue weighted by Gasteiger charge is -2.30. The molecule has 0 heterocycles. The molecule has 1 atom stereocenters. The molecule has 3 nitrogen and oxygen atoms in total. The van der Waals surface area contributed by atoms with E-state index in [9.17, 15) is 9.00 Å². The Labute approximate surface area is 136 Å². The summed E-state index contributed by atoms with van der Waals surface area (Å²) in [5.41, 5.74) is 1.81. The summed E-state index contributed by atoms with van der Waals surface area (Å²) in [6.45, 7) is 0. The maximum Gasteiger partial charge on any atom is 0.177 e. The molecule has 4 heteroatoms. The maximum atomic E-state index is 13.1. The summed E-state index contributed by atoms with van der Waals surface area (Å²) >= 11 is 0. The molecule has 0 aromatic heterocycles. The Hall–Kier alpha value is -2.20. The van der Waals surface area contributed by atoms with Crippen molar-refractivity contribution in [3.63, 3.8) is 0 Å². The van der Waals surface area contributed by atoms with Gasteiger partial charge in [-0.15, -0.1) is 0 Å². The van der Waals surface area contributed by atoms with Gasteiger partial charge in [-0.25, -0.2) is 4.21 Å². The molecule has 2 aromatic rings. The van der Waals surface area contributed by atoms with Gasteiger partial charge in [-0.2, -0.15) is 4.36 Å². The summed E-state index contributed by atoms with van der Waals surface area (Å²) in [6.07, 6.45) is 3.30. The van der Waals surface area contributed by atoms with Gasteiger partial charge in [-0.1, -0.05) is 48.5 Å². The molecule has 1 unspecified atom stereocenters. The number of carbonyl (C=O) groups is 1. The Balaban J connectivity index is 1.89. The van der Waals surface area contributed by atoms with Crippen LogP contribution in [0.2, 0.25) is 0 Å². The molecule has 0 aliphatic heterocycles. The average Bonchev–Trinajstić information content (AvgIpc) is 3.39. The number of rotatable bonds is 3. The Morgan fingerprint density at radius 2 is 1.52 bits per heavy atom. The van der Waals surface area contributed by atoms with Crippen molar-refractivity contribution in [1.29, 1.82) is 0 Å². The van der Waals surface area contributed by atoms with Crippen LogP contribution in [0.25, 0.3) is 5.57 Å².